The number of carbonyl (C=O) groups is 1. The van der Waals surface area contributed by atoms with E-state index in [2.05, 4.69) is 0 Å². The van der Waals surface area contributed by atoms with Crippen LogP contribution in [0.1, 0.15) is 0 Å². The second-order valence-electron chi connectivity index (χ2n) is 1.13. The average molecular weight is 218 g/mol. The van der Waals surface area contributed by atoms with Crippen LogP contribution in [0, 0.1) is 0 Å². The molecule has 0 aromatic heterocycles. The zero-order valence-corrected chi connectivity index (χ0v) is 8.41. The molecule has 0 aromatic rings. The first-order chi connectivity index (χ1) is 3.18. The molecule has 0 bridgehead atoms. The summed E-state index contributed by atoms with van der Waals surface area (Å²) in [7, 11) is 0. The summed E-state index contributed by atoms with van der Waals surface area (Å²) in [6.45, 7) is -0.505. The quantitative estimate of drug-likeness (QED) is 0.486. The summed E-state index contributed by atoms with van der Waals surface area (Å²) in [5.74, 6) is -1.18. The molecule has 0 unspecified atom stereocenters. The van der Waals surface area contributed by atoms with Gasteiger partial charge in [0.05, 0.1) is 6.61 Å². The van der Waals surface area contributed by atoms with Crippen LogP contribution in [0.15, 0.2) is 0 Å². The first-order valence-corrected chi connectivity index (χ1v) is 1.77. The Balaban J connectivity index is 0. The standard InChI is InChI=1S/C3H7NO3.Cd/c4-2(1-5)3(6)7;/h2,5H,1,4H2,(H,6,7);/t2-;/m0./s1. The van der Waals surface area contributed by atoms with Crippen molar-refractivity contribution in [3.8, 4) is 0 Å². The van der Waals surface area contributed by atoms with E-state index in [1.54, 1.807) is 0 Å². The van der Waals surface area contributed by atoms with Crippen LogP contribution >= 0.6 is 0 Å². The van der Waals surface area contributed by atoms with Gasteiger partial charge in [0.25, 0.3) is 0 Å². The SMILES string of the molecule is N[C@@H](CO)C(=O)O.[Cd]. The van der Waals surface area contributed by atoms with Crippen molar-refractivity contribution >= 4 is 5.97 Å². The van der Waals surface area contributed by atoms with Crippen molar-refractivity contribution < 1.29 is 42.3 Å². The van der Waals surface area contributed by atoms with Crippen LogP contribution < -0.4 is 5.73 Å². The number of aliphatic carboxylic acids is 1. The molecule has 0 rings (SSSR count). The third kappa shape index (κ3) is 4.47. The van der Waals surface area contributed by atoms with E-state index in [4.69, 9.17) is 15.9 Å². The van der Waals surface area contributed by atoms with Gasteiger partial charge in [0.1, 0.15) is 6.04 Å². The molecule has 1 atom stereocenters. The molecule has 4 nitrogen and oxygen atoms in total. The molecule has 0 heterocycles. The van der Waals surface area contributed by atoms with Gasteiger partial charge < -0.3 is 15.9 Å². The smallest absolute Gasteiger partial charge is 0.322 e. The van der Waals surface area contributed by atoms with Gasteiger partial charge in [-0.25, -0.2) is 0 Å². The Kier molecular flexibility index (Phi) is 7.60. The molecule has 0 amide bonds. The monoisotopic (exact) mass is 219 g/mol. The fourth-order valence-electron chi connectivity index (χ4n) is 0.0781. The summed E-state index contributed by atoms with van der Waals surface area (Å²) >= 11 is 0. The fraction of sp³-hybridized carbons (Fsp3) is 0.667. The van der Waals surface area contributed by atoms with E-state index >= 15 is 0 Å². The van der Waals surface area contributed by atoms with E-state index in [0.717, 1.165) is 0 Å². The third-order valence-electron chi connectivity index (χ3n) is 0.514. The molecule has 44 valence electrons. The first kappa shape index (κ1) is 11.2. The molecule has 0 saturated carbocycles. The summed E-state index contributed by atoms with van der Waals surface area (Å²) in [5, 5.41) is 15.9. The van der Waals surface area contributed by atoms with E-state index in [0.29, 0.717) is 0 Å². The molecule has 4 N–H and O–H groups in total. The van der Waals surface area contributed by atoms with E-state index in [-0.39, 0.29) is 27.3 Å². The predicted molar refractivity (Wildman–Crippen MR) is 22.7 cm³/mol. The van der Waals surface area contributed by atoms with Crippen molar-refractivity contribution in [1.82, 2.24) is 0 Å². The van der Waals surface area contributed by atoms with Crippen LogP contribution in [0.5, 0.6) is 0 Å². The summed E-state index contributed by atoms with van der Waals surface area (Å²) in [4.78, 5) is 9.65. The average Bonchev–Trinajstić information content (AvgIpc) is 1.65. The zero-order chi connectivity index (χ0) is 5.86. The van der Waals surface area contributed by atoms with Crippen LogP contribution in [0.2, 0.25) is 0 Å². The normalized spacial score (nSPS) is 11.8. The summed E-state index contributed by atoms with van der Waals surface area (Å²) in [5.41, 5.74) is 4.77. The van der Waals surface area contributed by atoms with Crippen LogP contribution in [0.3, 0.4) is 0 Å². The summed E-state index contributed by atoms with van der Waals surface area (Å²) in [6.07, 6.45) is 0. The molecule has 0 aliphatic rings. The molecule has 0 aromatic carbocycles. The predicted octanol–water partition coefficient (Wildman–Crippen LogP) is -1.61. The maximum absolute atomic E-state index is 9.65. The minimum atomic E-state index is -1.18. The van der Waals surface area contributed by atoms with Gasteiger partial charge in [-0.1, -0.05) is 0 Å². The zero-order valence-electron chi connectivity index (χ0n) is 4.37. The van der Waals surface area contributed by atoms with Gasteiger partial charge in [-0.05, 0) is 0 Å². The molecular formula is C3H7CdNO3. The minimum absolute atomic E-state index is 0. The van der Waals surface area contributed by atoms with Gasteiger partial charge in [-0.3, -0.25) is 4.79 Å². The van der Waals surface area contributed by atoms with Crippen LogP contribution in [-0.2, 0) is 32.1 Å². The van der Waals surface area contributed by atoms with Crippen molar-refractivity contribution in [2.75, 3.05) is 6.61 Å². The maximum atomic E-state index is 9.65. The van der Waals surface area contributed by atoms with E-state index < -0.39 is 18.6 Å². The molecule has 0 aliphatic heterocycles. The first-order valence-electron chi connectivity index (χ1n) is 1.77. The van der Waals surface area contributed by atoms with E-state index in [1.807, 2.05) is 0 Å². The van der Waals surface area contributed by atoms with Gasteiger partial charge in [-0.15, -0.1) is 0 Å². The van der Waals surface area contributed by atoms with Crippen LogP contribution in [0.25, 0.3) is 0 Å². The molecule has 0 aliphatic carbocycles. The second kappa shape index (κ2) is 5.45. The summed E-state index contributed by atoms with van der Waals surface area (Å²) in [6, 6.07) is -1.13. The Morgan fingerprint density at radius 1 is 1.75 bits per heavy atom. The number of rotatable bonds is 2. The number of carboxylic acids is 1. The summed E-state index contributed by atoms with van der Waals surface area (Å²) < 4.78 is 0. The van der Waals surface area contributed by atoms with Gasteiger partial charge in [0, 0.05) is 27.3 Å². The number of aliphatic hydroxyl groups excluding tert-OH is 1. The van der Waals surface area contributed by atoms with E-state index in [9.17, 15) is 4.79 Å². The van der Waals surface area contributed by atoms with E-state index in [1.165, 1.54) is 0 Å². The number of nitrogens with two attached hydrogens (primary N) is 1. The topological polar surface area (TPSA) is 83.5 Å². The number of hydrogen-bond acceptors (Lipinski definition) is 3. The number of hydrogen-bond donors (Lipinski definition) is 3. The van der Waals surface area contributed by atoms with Gasteiger partial charge in [0.2, 0.25) is 0 Å². The Bertz CT molecular complexity index is 76.9. The van der Waals surface area contributed by atoms with Crippen molar-refractivity contribution in [2.45, 2.75) is 6.04 Å². The third-order valence-corrected chi connectivity index (χ3v) is 0.514. The minimum Gasteiger partial charge on any atom is -0.480 e. The molecular weight excluding hydrogens is 210 g/mol. The molecule has 0 spiro atoms. The van der Waals surface area contributed by atoms with Crippen molar-refractivity contribution in [2.24, 2.45) is 5.73 Å². The van der Waals surface area contributed by atoms with Gasteiger partial charge in [0.15, 0.2) is 0 Å². The fourth-order valence-corrected chi connectivity index (χ4v) is 0.0781. The second-order valence-corrected chi connectivity index (χ2v) is 1.13. The Hall–Kier alpha value is 0.312. The Morgan fingerprint density at radius 3 is 2.12 bits per heavy atom. The Morgan fingerprint density at radius 2 is 2.12 bits per heavy atom. The van der Waals surface area contributed by atoms with Crippen molar-refractivity contribution in [3.05, 3.63) is 0 Å². The van der Waals surface area contributed by atoms with Crippen LogP contribution in [0.4, 0.5) is 0 Å². The molecule has 8 heavy (non-hydrogen) atoms. The van der Waals surface area contributed by atoms with Gasteiger partial charge >= 0.3 is 5.97 Å². The maximum Gasteiger partial charge on any atom is 0.322 e. The van der Waals surface area contributed by atoms with Crippen LogP contribution in [-0.4, -0.2) is 28.8 Å². The van der Waals surface area contributed by atoms with Gasteiger partial charge in [-0.2, -0.15) is 0 Å². The molecule has 0 radical (unpaired) electrons. The van der Waals surface area contributed by atoms with Crippen molar-refractivity contribution in [3.63, 3.8) is 0 Å². The van der Waals surface area contributed by atoms with Crippen molar-refractivity contribution in [1.29, 1.82) is 0 Å². The number of aliphatic hydroxyl groups is 1. The number of carboxylic acid groups (broad SMARTS) is 1. The Labute approximate surface area is 66.8 Å². The molecule has 5 heteroatoms. The molecule has 0 fully saturated rings. The largest absolute Gasteiger partial charge is 0.480 e. The molecule has 0 saturated heterocycles.